The van der Waals surface area contributed by atoms with Gasteiger partial charge in [-0.3, -0.25) is 4.79 Å². The summed E-state index contributed by atoms with van der Waals surface area (Å²) in [6.07, 6.45) is 4.52. The van der Waals surface area contributed by atoms with Gasteiger partial charge in [-0.25, -0.2) is 0 Å². The predicted octanol–water partition coefficient (Wildman–Crippen LogP) is 3.65. The lowest BCUT2D eigenvalue weighted by atomic mass is 9.85. The van der Waals surface area contributed by atoms with Crippen LogP contribution in [0.25, 0.3) is 0 Å². The maximum atomic E-state index is 11.8. The molecule has 0 fully saturated rings. The molecular weight excluding hydrogens is 234 g/mol. The second-order valence-electron chi connectivity index (χ2n) is 5.76. The van der Waals surface area contributed by atoms with Gasteiger partial charge in [-0.2, -0.15) is 0 Å². The minimum Gasteiger partial charge on any atom is -0.388 e. The molecule has 0 spiro atoms. The van der Waals surface area contributed by atoms with Crippen LogP contribution in [0.15, 0.2) is 42.1 Å². The first-order chi connectivity index (χ1) is 9.15. The van der Waals surface area contributed by atoms with Crippen LogP contribution >= 0.6 is 0 Å². The van der Waals surface area contributed by atoms with Gasteiger partial charge in [-0.15, -0.1) is 0 Å². The highest BCUT2D eigenvalue weighted by Crippen LogP contribution is 2.30. The molecule has 0 bridgehead atoms. The number of carbonyl (C=O) groups is 1. The number of benzene rings is 1. The van der Waals surface area contributed by atoms with Crippen molar-refractivity contribution in [3.8, 4) is 0 Å². The third-order valence-corrected chi connectivity index (χ3v) is 3.59. The van der Waals surface area contributed by atoms with E-state index in [1.807, 2.05) is 18.2 Å². The van der Waals surface area contributed by atoms with E-state index in [4.69, 9.17) is 0 Å². The first-order valence-electron chi connectivity index (χ1n) is 7.17. The number of nitrogens with one attached hydrogen (secondary N) is 1. The third-order valence-electron chi connectivity index (χ3n) is 3.59. The fraction of sp³-hybridized carbons (Fsp3) is 0.471. The minimum atomic E-state index is 0.243. The minimum absolute atomic E-state index is 0.243. The van der Waals surface area contributed by atoms with E-state index in [2.05, 4.69) is 31.3 Å². The van der Waals surface area contributed by atoms with Crippen molar-refractivity contribution in [1.29, 1.82) is 0 Å². The number of rotatable bonds is 5. The molecule has 1 N–H and O–H groups in total. The van der Waals surface area contributed by atoms with Crippen LogP contribution in [0.5, 0.6) is 0 Å². The van der Waals surface area contributed by atoms with Crippen LogP contribution in [0.2, 0.25) is 0 Å². The van der Waals surface area contributed by atoms with Gasteiger partial charge in [-0.1, -0.05) is 44.2 Å². The SMILES string of the molecule is CC(C)CCNC1=CC(=O)C[C@H](c2ccccc2)C1. The van der Waals surface area contributed by atoms with Gasteiger partial charge in [0.25, 0.3) is 0 Å². The fourth-order valence-electron chi connectivity index (χ4n) is 2.50. The third kappa shape index (κ3) is 4.23. The smallest absolute Gasteiger partial charge is 0.158 e. The predicted molar refractivity (Wildman–Crippen MR) is 79.0 cm³/mol. The van der Waals surface area contributed by atoms with Crippen molar-refractivity contribution in [3.63, 3.8) is 0 Å². The topological polar surface area (TPSA) is 29.1 Å². The molecule has 2 rings (SSSR count). The van der Waals surface area contributed by atoms with Crippen LogP contribution in [-0.2, 0) is 4.79 Å². The summed E-state index contributed by atoms with van der Waals surface area (Å²) >= 11 is 0. The summed E-state index contributed by atoms with van der Waals surface area (Å²) in [6, 6.07) is 10.4. The van der Waals surface area contributed by atoms with Crippen LogP contribution < -0.4 is 5.32 Å². The molecule has 1 aromatic carbocycles. The van der Waals surface area contributed by atoms with E-state index in [1.165, 1.54) is 5.56 Å². The van der Waals surface area contributed by atoms with Gasteiger partial charge in [0, 0.05) is 24.7 Å². The van der Waals surface area contributed by atoms with E-state index in [0.29, 0.717) is 18.3 Å². The van der Waals surface area contributed by atoms with Gasteiger partial charge in [0.15, 0.2) is 5.78 Å². The lowest BCUT2D eigenvalue weighted by Crippen LogP contribution is -2.23. The molecule has 1 aliphatic rings. The molecule has 19 heavy (non-hydrogen) atoms. The highest BCUT2D eigenvalue weighted by atomic mass is 16.1. The Morgan fingerprint density at radius 1 is 1.21 bits per heavy atom. The summed E-state index contributed by atoms with van der Waals surface area (Å²) in [4.78, 5) is 11.8. The molecule has 1 aromatic rings. The van der Waals surface area contributed by atoms with Crippen LogP contribution in [-0.4, -0.2) is 12.3 Å². The molecular formula is C17H23NO. The Labute approximate surface area is 115 Å². The van der Waals surface area contributed by atoms with Gasteiger partial charge in [0.1, 0.15) is 0 Å². The summed E-state index contributed by atoms with van der Waals surface area (Å²) in [5.74, 6) is 1.27. The van der Waals surface area contributed by atoms with Gasteiger partial charge in [0.2, 0.25) is 0 Å². The number of hydrogen-bond donors (Lipinski definition) is 1. The second kappa shape index (κ2) is 6.55. The largest absolute Gasteiger partial charge is 0.388 e. The Morgan fingerprint density at radius 2 is 1.95 bits per heavy atom. The molecule has 1 aliphatic carbocycles. The Morgan fingerprint density at radius 3 is 2.63 bits per heavy atom. The Balaban J connectivity index is 1.97. The Kier molecular flexibility index (Phi) is 4.78. The van der Waals surface area contributed by atoms with Crippen molar-refractivity contribution in [2.24, 2.45) is 5.92 Å². The monoisotopic (exact) mass is 257 g/mol. The first kappa shape index (κ1) is 13.9. The van der Waals surface area contributed by atoms with Gasteiger partial charge >= 0.3 is 0 Å². The molecule has 0 saturated carbocycles. The van der Waals surface area contributed by atoms with Crippen molar-refractivity contribution >= 4 is 5.78 Å². The normalized spacial score (nSPS) is 19.4. The molecule has 2 nitrogen and oxygen atoms in total. The fourth-order valence-corrected chi connectivity index (χ4v) is 2.50. The van der Waals surface area contributed by atoms with Gasteiger partial charge < -0.3 is 5.32 Å². The maximum Gasteiger partial charge on any atom is 0.158 e. The van der Waals surface area contributed by atoms with E-state index >= 15 is 0 Å². The summed E-state index contributed by atoms with van der Waals surface area (Å²) in [5, 5.41) is 3.42. The highest BCUT2D eigenvalue weighted by molar-refractivity contribution is 5.91. The summed E-state index contributed by atoms with van der Waals surface area (Å²) < 4.78 is 0. The molecule has 0 unspecified atom stereocenters. The molecule has 2 heteroatoms. The molecule has 102 valence electrons. The highest BCUT2D eigenvalue weighted by Gasteiger charge is 2.21. The Bertz CT molecular complexity index is 448. The van der Waals surface area contributed by atoms with Crippen LogP contribution in [0.3, 0.4) is 0 Å². The standard InChI is InChI=1S/C17H23NO/c1-13(2)8-9-18-16-10-15(11-17(19)12-16)14-6-4-3-5-7-14/h3-7,12-13,15,18H,8-11H2,1-2H3/t15-/m1/s1. The van der Waals surface area contributed by atoms with Crippen molar-refractivity contribution < 1.29 is 4.79 Å². The number of carbonyl (C=O) groups excluding carboxylic acids is 1. The van der Waals surface area contributed by atoms with Crippen molar-refractivity contribution in [2.75, 3.05) is 6.54 Å². The van der Waals surface area contributed by atoms with Gasteiger partial charge in [0.05, 0.1) is 0 Å². The van der Waals surface area contributed by atoms with Crippen LogP contribution in [0.1, 0.15) is 44.6 Å². The second-order valence-corrected chi connectivity index (χ2v) is 5.76. The molecule has 0 radical (unpaired) electrons. The molecule has 0 aromatic heterocycles. The van der Waals surface area contributed by atoms with Crippen molar-refractivity contribution in [3.05, 3.63) is 47.7 Å². The Hall–Kier alpha value is -1.57. The van der Waals surface area contributed by atoms with Crippen molar-refractivity contribution in [1.82, 2.24) is 5.32 Å². The molecule has 0 aliphatic heterocycles. The molecule has 0 saturated heterocycles. The average molecular weight is 257 g/mol. The maximum absolute atomic E-state index is 11.8. The zero-order valence-corrected chi connectivity index (χ0v) is 11.9. The average Bonchev–Trinajstić information content (AvgIpc) is 2.39. The first-order valence-corrected chi connectivity index (χ1v) is 7.17. The van der Waals surface area contributed by atoms with E-state index in [0.717, 1.165) is 25.1 Å². The van der Waals surface area contributed by atoms with Gasteiger partial charge in [-0.05, 0) is 30.2 Å². The van der Waals surface area contributed by atoms with E-state index in [9.17, 15) is 4.79 Å². The van der Waals surface area contributed by atoms with E-state index < -0.39 is 0 Å². The summed E-state index contributed by atoms with van der Waals surface area (Å²) in [7, 11) is 0. The van der Waals surface area contributed by atoms with Crippen LogP contribution in [0, 0.1) is 5.92 Å². The van der Waals surface area contributed by atoms with E-state index in [1.54, 1.807) is 6.08 Å². The zero-order chi connectivity index (χ0) is 13.7. The van der Waals surface area contributed by atoms with Crippen molar-refractivity contribution in [2.45, 2.75) is 39.0 Å². The lowest BCUT2D eigenvalue weighted by molar-refractivity contribution is -0.115. The summed E-state index contributed by atoms with van der Waals surface area (Å²) in [6.45, 7) is 5.39. The number of ketones is 1. The number of allylic oxidation sites excluding steroid dienone is 2. The lowest BCUT2D eigenvalue weighted by Gasteiger charge is -2.23. The zero-order valence-electron chi connectivity index (χ0n) is 11.9. The van der Waals surface area contributed by atoms with E-state index in [-0.39, 0.29) is 5.78 Å². The number of hydrogen-bond acceptors (Lipinski definition) is 2. The molecule has 1 atom stereocenters. The quantitative estimate of drug-likeness (QED) is 0.872. The van der Waals surface area contributed by atoms with Crippen LogP contribution in [0.4, 0.5) is 0 Å². The summed E-state index contributed by atoms with van der Waals surface area (Å²) in [5.41, 5.74) is 2.37. The molecule has 0 heterocycles. The molecule has 0 amide bonds.